The van der Waals surface area contributed by atoms with Crippen molar-refractivity contribution in [1.29, 1.82) is 0 Å². The Kier molecular flexibility index (Phi) is 3.37. The van der Waals surface area contributed by atoms with Crippen molar-refractivity contribution in [3.8, 4) is 0 Å². The highest BCUT2D eigenvalue weighted by atomic mass is 79.9. The molecule has 0 saturated carbocycles. The van der Waals surface area contributed by atoms with Crippen LogP contribution in [0.3, 0.4) is 0 Å². The molecule has 1 aromatic rings. The Morgan fingerprint density at radius 1 is 1.44 bits per heavy atom. The van der Waals surface area contributed by atoms with E-state index >= 15 is 0 Å². The van der Waals surface area contributed by atoms with Crippen molar-refractivity contribution in [3.63, 3.8) is 0 Å². The highest BCUT2D eigenvalue weighted by molar-refractivity contribution is 9.10. The Morgan fingerprint density at radius 2 is 2.11 bits per heavy atom. The van der Waals surface area contributed by atoms with Crippen LogP contribution in [0.5, 0.6) is 0 Å². The van der Waals surface area contributed by atoms with Gasteiger partial charge < -0.3 is 4.90 Å². The van der Waals surface area contributed by atoms with Gasteiger partial charge in [0.2, 0.25) is 15.9 Å². The number of fused-ring (bicyclic) bond motifs is 1. The second-order valence-electron chi connectivity index (χ2n) is 4.26. The molecule has 0 unspecified atom stereocenters. The molecule has 0 fully saturated rings. The van der Waals surface area contributed by atoms with Crippen molar-refractivity contribution in [2.45, 2.75) is 13.3 Å². The lowest BCUT2D eigenvalue weighted by Crippen LogP contribution is -2.27. The van der Waals surface area contributed by atoms with Gasteiger partial charge in [0, 0.05) is 17.9 Å². The van der Waals surface area contributed by atoms with Crippen molar-refractivity contribution >= 4 is 43.2 Å². The minimum atomic E-state index is -3.37. The van der Waals surface area contributed by atoms with Gasteiger partial charge in [0.1, 0.15) is 0 Å². The van der Waals surface area contributed by atoms with Crippen molar-refractivity contribution < 1.29 is 13.2 Å². The fraction of sp³-hybridized carbons (Fsp3) is 0.364. The summed E-state index contributed by atoms with van der Waals surface area (Å²) in [6.45, 7) is 2.06. The normalized spacial score (nSPS) is 14.5. The van der Waals surface area contributed by atoms with Gasteiger partial charge >= 0.3 is 0 Å². The molecule has 18 heavy (non-hydrogen) atoms. The average Bonchev–Trinajstić information content (AvgIpc) is 2.58. The topological polar surface area (TPSA) is 66.5 Å². The predicted octanol–water partition coefficient (Wildman–Crippen LogP) is 1.73. The van der Waals surface area contributed by atoms with Gasteiger partial charge in [-0.05, 0) is 24.1 Å². The Balaban J connectivity index is 2.56. The standard InChI is InChI=1S/C11H13BrN2O3S/c1-7(15)14-4-3-8-5-9(12)6-10(11(8)14)13-18(2,16)17/h5-6,13H,3-4H2,1-2H3. The lowest BCUT2D eigenvalue weighted by Gasteiger charge is -2.19. The number of hydrogen-bond acceptors (Lipinski definition) is 3. The van der Waals surface area contributed by atoms with Gasteiger partial charge in [0.05, 0.1) is 17.6 Å². The summed E-state index contributed by atoms with van der Waals surface area (Å²) in [4.78, 5) is 13.1. The van der Waals surface area contributed by atoms with Gasteiger partial charge in [0.15, 0.2) is 0 Å². The second kappa shape index (κ2) is 4.55. The van der Waals surface area contributed by atoms with E-state index in [1.165, 1.54) is 6.92 Å². The number of carbonyl (C=O) groups is 1. The molecule has 0 aliphatic carbocycles. The number of nitrogens with one attached hydrogen (secondary N) is 1. The number of halogens is 1. The first-order valence-corrected chi connectivity index (χ1v) is 8.04. The Morgan fingerprint density at radius 3 is 2.67 bits per heavy atom. The molecule has 5 nitrogen and oxygen atoms in total. The molecule has 98 valence electrons. The largest absolute Gasteiger partial charge is 0.310 e. The molecule has 0 radical (unpaired) electrons. The van der Waals surface area contributed by atoms with Gasteiger partial charge in [-0.2, -0.15) is 0 Å². The van der Waals surface area contributed by atoms with Crippen LogP contribution >= 0.6 is 15.9 Å². The quantitative estimate of drug-likeness (QED) is 0.896. The van der Waals surface area contributed by atoms with Crippen molar-refractivity contribution in [2.24, 2.45) is 0 Å². The monoisotopic (exact) mass is 332 g/mol. The minimum absolute atomic E-state index is 0.0902. The van der Waals surface area contributed by atoms with Gasteiger partial charge in [-0.15, -0.1) is 0 Å². The third kappa shape index (κ3) is 2.67. The number of benzene rings is 1. The van der Waals surface area contributed by atoms with Gasteiger partial charge in [0.25, 0.3) is 0 Å². The van der Waals surface area contributed by atoms with Crippen LogP contribution in [0, 0.1) is 0 Å². The first-order chi connectivity index (χ1) is 8.28. The zero-order chi connectivity index (χ0) is 13.5. The Bertz CT molecular complexity index is 613. The number of anilines is 2. The number of nitrogens with zero attached hydrogens (tertiary/aromatic N) is 1. The first-order valence-electron chi connectivity index (χ1n) is 5.36. The van der Waals surface area contributed by atoms with E-state index in [1.54, 1.807) is 11.0 Å². The van der Waals surface area contributed by atoms with Crippen molar-refractivity contribution in [3.05, 3.63) is 22.2 Å². The molecule has 0 bridgehead atoms. The van der Waals surface area contributed by atoms with Crippen LogP contribution in [0.1, 0.15) is 12.5 Å². The zero-order valence-corrected chi connectivity index (χ0v) is 12.4. The molecule has 2 rings (SSSR count). The zero-order valence-electron chi connectivity index (χ0n) is 10.0. The molecule has 1 heterocycles. The first kappa shape index (κ1) is 13.4. The highest BCUT2D eigenvalue weighted by Gasteiger charge is 2.26. The fourth-order valence-corrected chi connectivity index (χ4v) is 3.16. The highest BCUT2D eigenvalue weighted by Crippen LogP contribution is 2.38. The minimum Gasteiger partial charge on any atom is -0.310 e. The predicted molar refractivity (Wildman–Crippen MR) is 74.3 cm³/mol. The number of hydrogen-bond donors (Lipinski definition) is 1. The average molecular weight is 333 g/mol. The van der Waals surface area contributed by atoms with E-state index in [4.69, 9.17) is 0 Å². The maximum Gasteiger partial charge on any atom is 0.229 e. The molecule has 1 aliphatic rings. The number of rotatable bonds is 2. The molecule has 0 saturated heterocycles. The molecule has 1 N–H and O–H groups in total. The van der Waals surface area contributed by atoms with E-state index in [2.05, 4.69) is 20.7 Å². The summed E-state index contributed by atoms with van der Waals surface area (Å²) < 4.78 is 26.0. The summed E-state index contributed by atoms with van der Waals surface area (Å²) in [6.07, 6.45) is 1.82. The smallest absolute Gasteiger partial charge is 0.229 e. The van der Waals surface area contributed by atoms with E-state index in [9.17, 15) is 13.2 Å². The second-order valence-corrected chi connectivity index (χ2v) is 6.92. The summed E-state index contributed by atoms with van der Waals surface area (Å²) in [7, 11) is -3.37. The molecule has 1 aromatic carbocycles. The summed E-state index contributed by atoms with van der Waals surface area (Å²) >= 11 is 3.34. The number of sulfonamides is 1. The SMILES string of the molecule is CC(=O)N1CCc2cc(Br)cc(NS(C)(=O)=O)c21. The van der Waals surface area contributed by atoms with Gasteiger partial charge in [-0.1, -0.05) is 15.9 Å². The Hall–Kier alpha value is -1.08. The number of amides is 1. The van der Waals surface area contributed by atoms with Crippen LogP contribution in [0.25, 0.3) is 0 Å². The molecule has 7 heteroatoms. The Labute approximate surface area is 114 Å². The third-order valence-corrected chi connectivity index (χ3v) is 3.75. The van der Waals surface area contributed by atoms with Crippen LogP contribution in [0.15, 0.2) is 16.6 Å². The summed E-state index contributed by atoms with van der Waals surface area (Å²) in [6, 6.07) is 3.58. The lowest BCUT2D eigenvalue weighted by atomic mass is 10.1. The molecular weight excluding hydrogens is 320 g/mol. The maximum absolute atomic E-state index is 11.5. The summed E-state index contributed by atoms with van der Waals surface area (Å²) in [5.41, 5.74) is 2.07. The molecule has 1 amide bonds. The molecular formula is C11H13BrN2O3S. The summed E-state index contributed by atoms with van der Waals surface area (Å²) in [5.74, 6) is -0.0902. The van der Waals surface area contributed by atoms with Crippen LogP contribution in [0.2, 0.25) is 0 Å². The van der Waals surface area contributed by atoms with Crippen molar-refractivity contribution in [2.75, 3.05) is 22.4 Å². The van der Waals surface area contributed by atoms with Gasteiger partial charge in [-0.3, -0.25) is 9.52 Å². The van der Waals surface area contributed by atoms with Crippen LogP contribution in [-0.4, -0.2) is 27.1 Å². The third-order valence-electron chi connectivity index (χ3n) is 2.70. The lowest BCUT2D eigenvalue weighted by molar-refractivity contribution is -0.116. The van der Waals surface area contributed by atoms with Crippen LogP contribution in [0.4, 0.5) is 11.4 Å². The molecule has 0 aromatic heterocycles. The summed E-state index contributed by atoms with van der Waals surface area (Å²) in [5, 5.41) is 0. The van der Waals surface area contributed by atoms with E-state index < -0.39 is 10.0 Å². The molecule has 0 spiro atoms. The van der Waals surface area contributed by atoms with Crippen LogP contribution < -0.4 is 9.62 Å². The van der Waals surface area contributed by atoms with E-state index in [0.29, 0.717) is 17.9 Å². The van der Waals surface area contributed by atoms with Crippen molar-refractivity contribution in [1.82, 2.24) is 0 Å². The maximum atomic E-state index is 11.5. The van der Waals surface area contributed by atoms with Gasteiger partial charge in [-0.25, -0.2) is 8.42 Å². The molecule has 1 aliphatic heterocycles. The van der Waals surface area contributed by atoms with E-state index in [0.717, 1.165) is 22.7 Å². The fourth-order valence-electron chi connectivity index (χ4n) is 2.10. The van der Waals surface area contributed by atoms with Crippen LogP contribution in [-0.2, 0) is 21.2 Å². The molecule has 0 atom stereocenters. The van der Waals surface area contributed by atoms with E-state index in [1.807, 2.05) is 6.07 Å². The van der Waals surface area contributed by atoms with E-state index in [-0.39, 0.29) is 5.91 Å². The number of carbonyl (C=O) groups excluding carboxylic acids is 1.